The molecule has 0 rings (SSSR count). The molecule has 0 aliphatic heterocycles. The summed E-state index contributed by atoms with van der Waals surface area (Å²) in [5.41, 5.74) is 0. The van der Waals surface area contributed by atoms with Crippen LogP contribution in [0.3, 0.4) is 0 Å². The third-order valence-electron chi connectivity index (χ3n) is 3.44. The van der Waals surface area contributed by atoms with Crippen molar-refractivity contribution < 1.29 is 31.3 Å². The van der Waals surface area contributed by atoms with E-state index in [1.165, 1.54) is 19.3 Å². The predicted molar refractivity (Wildman–Crippen MR) is 83.8 cm³/mol. The van der Waals surface area contributed by atoms with Crippen LogP contribution in [-0.2, 0) is 19.6 Å². The van der Waals surface area contributed by atoms with E-state index in [-0.39, 0.29) is 6.42 Å². The van der Waals surface area contributed by atoms with E-state index in [0.717, 1.165) is 31.6 Å². The zero-order valence-corrected chi connectivity index (χ0v) is 14.7. The standard InChI is InChI=1S/C15H28F2O5S/c1-13(2)10-8-6-4-3-5-7-9-11-14(18)22-12-15(16,17)23(19,20)21/h13H,3-12H2,1-2H3,(H,19,20,21). The van der Waals surface area contributed by atoms with Gasteiger partial charge in [-0.2, -0.15) is 17.2 Å². The number of ether oxygens (including phenoxy) is 1. The third kappa shape index (κ3) is 11.4. The molecule has 0 aliphatic rings. The van der Waals surface area contributed by atoms with Crippen molar-refractivity contribution >= 4 is 16.1 Å². The highest BCUT2D eigenvalue weighted by Crippen LogP contribution is 2.21. The number of carbonyl (C=O) groups is 1. The maximum Gasteiger partial charge on any atom is 0.402 e. The van der Waals surface area contributed by atoms with Crippen molar-refractivity contribution in [3.05, 3.63) is 0 Å². The summed E-state index contributed by atoms with van der Waals surface area (Å²) in [4.78, 5) is 11.2. The predicted octanol–water partition coefficient (Wildman–Crippen LogP) is 4.18. The van der Waals surface area contributed by atoms with Crippen molar-refractivity contribution in [2.45, 2.75) is 76.9 Å². The van der Waals surface area contributed by atoms with Crippen LogP contribution in [0.15, 0.2) is 0 Å². The van der Waals surface area contributed by atoms with Crippen LogP contribution in [-0.4, -0.2) is 30.8 Å². The van der Waals surface area contributed by atoms with Crippen molar-refractivity contribution in [2.24, 2.45) is 5.92 Å². The van der Waals surface area contributed by atoms with Gasteiger partial charge in [0, 0.05) is 6.42 Å². The Morgan fingerprint density at radius 2 is 1.52 bits per heavy atom. The lowest BCUT2D eigenvalue weighted by Crippen LogP contribution is -2.34. The largest absolute Gasteiger partial charge is 0.458 e. The van der Waals surface area contributed by atoms with Crippen LogP contribution >= 0.6 is 0 Å². The number of alkyl halides is 2. The molecule has 23 heavy (non-hydrogen) atoms. The molecule has 0 aromatic rings. The van der Waals surface area contributed by atoms with Gasteiger partial charge in [-0.3, -0.25) is 9.35 Å². The van der Waals surface area contributed by atoms with Gasteiger partial charge in [0.15, 0.2) is 6.61 Å². The molecule has 0 saturated heterocycles. The van der Waals surface area contributed by atoms with E-state index < -0.39 is 27.9 Å². The monoisotopic (exact) mass is 358 g/mol. The van der Waals surface area contributed by atoms with Crippen molar-refractivity contribution in [3.8, 4) is 0 Å². The molecule has 0 fully saturated rings. The molecule has 138 valence electrons. The minimum Gasteiger partial charge on any atom is -0.458 e. The Bertz CT molecular complexity index is 435. The summed E-state index contributed by atoms with van der Waals surface area (Å²) >= 11 is 0. The van der Waals surface area contributed by atoms with E-state index in [2.05, 4.69) is 18.6 Å². The van der Waals surface area contributed by atoms with Gasteiger partial charge in [0.2, 0.25) is 0 Å². The first-order chi connectivity index (χ1) is 10.6. The van der Waals surface area contributed by atoms with Gasteiger partial charge in [0.1, 0.15) is 0 Å². The van der Waals surface area contributed by atoms with Crippen LogP contribution in [0, 0.1) is 5.92 Å². The van der Waals surface area contributed by atoms with Gasteiger partial charge in [-0.15, -0.1) is 0 Å². The Morgan fingerprint density at radius 3 is 2.00 bits per heavy atom. The first kappa shape index (κ1) is 22.2. The van der Waals surface area contributed by atoms with Crippen LogP contribution in [0.25, 0.3) is 0 Å². The van der Waals surface area contributed by atoms with Crippen LogP contribution in [0.5, 0.6) is 0 Å². The second-order valence-corrected chi connectivity index (χ2v) is 7.73. The first-order valence-corrected chi connectivity index (χ1v) is 9.51. The fourth-order valence-electron chi connectivity index (χ4n) is 2.02. The summed E-state index contributed by atoms with van der Waals surface area (Å²) in [6, 6.07) is 0. The molecule has 0 aromatic carbocycles. The summed E-state index contributed by atoms with van der Waals surface area (Å²) in [6.45, 7) is 2.75. The molecule has 0 aromatic heterocycles. The maximum atomic E-state index is 12.8. The smallest absolute Gasteiger partial charge is 0.402 e. The molecule has 0 bridgehead atoms. The SMILES string of the molecule is CC(C)CCCCCCCCCC(=O)OCC(F)(F)S(=O)(=O)O. The Labute approximate surface area is 137 Å². The Kier molecular flexibility index (Phi) is 10.6. The lowest BCUT2D eigenvalue weighted by atomic mass is 10.0. The molecule has 0 aliphatic carbocycles. The molecular formula is C15H28F2O5S. The summed E-state index contributed by atoms with van der Waals surface area (Å²) in [5.74, 6) is -0.153. The van der Waals surface area contributed by atoms with Crippen LogP contribution < -0.4 is 0 Å². The maximum absolute atomic E-state index is 12.8. The molecule has 8 heteroatoms. The van der Waals surface area contributed by atoms with Gasteiger partial charge in [-0.05, 0) is 12.3 Å². The molecule has 0 spiro atoms. The van der Waals surface area contributed by atoms with Crippen molar-refractivity contribution in [1.29, 1.82) is 0 Å². The molecule has 0 radical (unpaired) electrons. The van der Waals surface area contributed by atoms with Crippen molar-refractivity contribution in [3.63, 3.8) is 0 Å². The number of esters is 1. The second-order valence-electron chi connectivity index (χ2n) is 6.18. The number of rotatable bonds is 13. The molecule has 0 amide bonds. The average molecular weight is 358 g/mol. The molecule has 0 saturated carbocycles. The minimum absolute atomic E-state index is 0.0328. The highest BCUT2D eigenvalue weighted by Gasteiger charge is 2.45. The average Bonchev–Trinajstić information content (AvgIpc) is 2.42. The number of hydrogen-bond acceptors (Lipinski definition) is 4. The quantitative estimate of drug-likeness (QED) is 0.303. The third-order valence-corrected chi connectivity index (χ3v) is 4.31. The zero-order valence-electron chi connectivity index (χ0n) is 13.9. The molecule has 0 heterocycles. The molecule has 0 unspecified atom stereocenters. The van der Waals surface area contributed by atoms with Crippen molar-refractivity contribution in [1.82, 2.24) is 0 Å². The number of halogens is 2. The van der Waals surface area contributed by atoms with Gasteiger partial charge in [0.05, 0.1) is 0 Å². The van der Waals surface area contributed by atoms with E-state index in [0.29, 0.717) is 6.42 Å². The van der Waals surface area contributed by atoms with Gasteiger partial charge >= 0.3 is 21.3 Å². The minimum atomic E-state index is -5.55. The van der Waals surface area contributed by atoms with Gasteiger partial charge < -0.3 is 4.74 Å². The number of unbranched alkanes of at least 4 members (excludes halogenated alkanes) is 6. The topological polar surface area (TPSA) is 80.7 Å². The van der Waals surface area contributed by atoms with Crippen LogP contribution in [0.1, 0.15) is 71.6 Å². The summed E-state index contributed by atoms with van der Waals surface area (Å²) < 4.78 is 58.7. The molecular weight excluding hydrogens is 330 g/mol. The van der Waals surface area contributed by atoms with E-state index in [1.807, 2.05) is 0 Å². The van der Waals surface area contributed by atoms with E-state index in [4.69, 9.17) is 4.55 Å². The second kappa shape index (κ2) is 10.9. The fourth-order valence-corrected chi connectivity index (χ4v) is 2.22. The van der Waals surface area contributed by atoms with Gasteiger partial charge in [-0.1, -0.05) is 58.8 Å². The highest BCUT2D eigenvalue weighted by molar-refractivity contribution is 7.86. The van der Waals surface area contributed by atoms with Gasteiger partial charge in [0.25, 0.3) is 0 Å². The summed E-state index contributed by atoms with van der Waals surface area (Å²) in [5, 5.41) is -4.46. The van der Waals surface area contributed by atoms with E-state index in [1.54, 1.807) is 0 Å². The normalized spacial score (nSPS) is 12.6. The summed E-state index contributed by atoms with van der Waals surface area (Å²) in [6.07, 6.45) is 8.14. The molecule has 1 N–H and O–H groups in total. The molecule has 0 atom stereocenters. The fraction of sp³-hybridized carbons (Fsp3) is 0.933. The Balaban J connectivity index is 3.58. The number of carbonyl (C=O) groups excluding carboxylic acids is 1. The molecule has 5 nitrogen and oxygen atoms in total. The first-order valence-electron chi connectivity index (χ1n) is 8.06. The lowest BCUT2D eigenvalue weighted by Gasteiger charge is -2.12. The Hall–Kier alpha value is -0.760. The summed E-state index contributed by atoms with van der Waals surface area (Å²) in [7, 11) is -5.55. The van der Waals surface area contributed by atoms with Crippen LogP contribution in [0.2, 0.25) is 0 Å². The highest BCUT2D eigenvalue weighted by atomic mass is 32.2. The number of hydrogen-bond donors (Lipinski definition) is 1. The van der Waals surface area contributed by atoms with E-state index >= 15 is 0 Å². The zero-order chi connectivity index (χ0) is 17.9. The van der Waals surface area contributed by atoms with Crippen molar-refractivity contribution in [2.75, 3.05) is 6.61 Å². The van der Waals surface area contributed by atoms with E-state index in [9.17, 15) is 22.0 Å². The Morgan fingerprint density at radius 1 is 1.04 bits per heavy atom. The lowest BCUT2D eigenvalue weighted by molar-refractivity contribution is -0.149. The van der Waals surface area contributed by atoms with Crippen LogP contribution in [0.4, 0.5) is 8.78 Å². The van der Waals surface area contributed by atoms with Gasteiger partial charge in [-0.25, -0.2) is 0 Å².